The molecule has 0 saturated heterocycles. The molecule has 0 radical (unpaired) electrons. The second-order valence-corrected chi connectivity index (χ2v) is 3.46. The topological polar surface area (TPSA) is 40.5 Å². The van der Waals surface area contributed by atoms with Gasteiger partial charge in [0, 0.05) is 0 Å². The van der Waals surface area contributed by atoms with Crippen LogP contribution in [0.4, 0.5) is 4.39 Å². The Balaban J connectivity index is 2.24. The van der Waals surface area contributed by atoms with Crippen molar-refractivity contribution >= 4 is 12.6 Å². The summed E-state index contributed by atoms with van der Waals surface area (Å²) >= 11 is 0. The molecule has 1 aromatic rings. The molecule has 0 aliphatic heterocycles. The summed E-state index contributed by atoms with van der Waals surface area (Å²) in [5, 5.41) is 17.6. The Morgan fingerprint density at radius 3 is 2.08 bits per heavy atom. The van der Waals surface area contributed by atoms with Crippen LogP contribution in [0.5, 0.6) is 0 Å². The highest BCUT2D eigenvalue weighted by Gasteiger charge is 2.44. The van der Waals surface area contributed by atoms with Crippen LogP contribution < -0.4 is 5.46 Å². The fourth-order valence-corrected chi connectivity index (χ4v) is 1.35. The van der Waals surface area contributed by atoms with Crippen molar-refractivity contribution in [1.29, 1.82) is 0 Å². The number of benzene rings is 1. The summed E-state index contributed by atoms with van der Waals surface area (Å²) in [6.07, 6.45) is 1.15. The van der Waals surface area contributed by atoms with Crippen molar-refractivity contribution in [2.75, 3.05) is 0 Å². The van der Waals surface area contributed by atoms with Crippen LogP contribution in [0.1, 0.15) is 18.4 Å². The third-order valence-corrected chi connectivity index (χ3v) is 2.42. The second-order valence-electron chi connectivity index (χ2n) is 3.46. The zero-order valence-electron chi connectivity index (χ0n) is 7.07. The Kier molecular flexibility index (Phi) is 1.89. The standard InChI is InChI=1S/C9H10BFO2/c11-9(5-6-9)7-1-3-8(4-2-7)10(12)13/h1-4,12-13H,5-6H2. The molecule has 0 spiro atoms. The summed E-state index contributed by atoms with van der Waals surface area (Å²) in [5.74, 6) is 0. The SMILES string of the molecule is OB(O)c1ccc(C2(F)CC2)cc1. The quantitative estimate of drug-likeness (QED) is 0.643. The van der Waals surface area contributed by atoms with Gasteiger partial charge in [-0.15, -0.1) is 0 Å². The summed E-state index contributed by atoms with van der Waals surface area (Å²) in [6.45, 7) is 0. The van der Waals surface area contributed by atoms with Crippen LogP contribution in [-0.2, 0) is 5.67 Å². The molecule has 1 saturated carbocycles. The maximum absolute atomic E-state index is 13.4. The van der Waals surface area contributed by atoms with Gasteiger partial charge in [-0.1, -0.05) is 24.3 Å². The molecule has 13 heavy (non-hydrogen) atoms. The first-order chi connectivity index (χ1) is 6.12. The van der Waals surface area contributed by atoms with E-state index in [-0.39, 0.29) is 0 Å². The lowest BCUT2D eigenvalue weighted by Crippen LogP contribution is -2.29. The maximum Gasteiger partial charge on any atom is 0.488 e. The van der Waals surface area contributed by atoms with Gasteiger partial charge in [-0.25, -0.2) is 4.39 Å². The van der Waals surface area contributed by atoms with Gasteiger partial charge in [0.25, 0.3) is 0 Å². The molecule has 2 nitrogen and oxygen atoms in total. The first-order valence-corrected chi connectivity index (χ1v) is 4.27. The van der Waals surface area contributed by atoms with E-state index >= 15 is 0 Å². The molecule has 2 rings (SSSR count). The fraction of sp³-hybridized carbons (Fsp3) is 0.333. The second kappa shape index (κ2) is 2.82. The van der Waals surface area contributed by atoms with E-state index in [2.05, 4.69) is 0 Å². The summed E-state index contributed by atoms with van der Waals surface area (Å²) in [5.41, 5.74) is -0.108. The van der Waals surface area contributed by atoms with Gasteiger partial charge < -0.3 is 10.0 Å². The molecule has 0 heterocycles. The van der Waals surface area contributed by atoms with Crippen molar-refractivity contribution in [3.63, 3.8) is 0 Å². The average Bonchev–Trinajstić information content (AvgIpc) is 2.85. The molecule has 1 aliphatic carbocycles. The first-order valence-electron chi connectivity index (χ1n) is 4.27. The predicted molar refractivity (Wildman–Crippen MR) is 48.3 cm³/mol. The van der Waals surface area contributed by atoms with Gasteiger partial charge in [-0.2, -0.15) is 0 Å². The molecule has 2 N–H and O–H groups in total. The molecule has 0 bridgehead atoms. The largest absolute Gasteiger partial charge is 0.488 e. The predicted octanol–water partition coefficient (Wildman–Crippen LogP) is 0.325. The zero-order valence-corrected chi connectivity index (χ0v) is 7.07. The molecular weight excluding hydrogens is 170 g/mol. The number of halogens is 1. The van der Waals surface area contributed by atoms with E-state index in [9.17, 15) is 4.39 Å². The van der Waals surface area contributed by atoms with Crippen molar-refractivity contribution in [2.45, 2.75) is 18.5 Å². The third-order valence-electron chi connectivity index (χ3n) is 2.42. The molecule has 4 heteroatoms. The average molecular weight is 180 g/mol. The smallest absolute Gasteiger partial charge is 0.423 e. The molecule has 0 unspecified atom stereocenters. The number of rotatable bonds is 2. The first kappa shape index (κ1) is 8.72. The maximum atomic E-state index is 13.4. The summed E-state index contributed by atoms with van der Waals surface area (Å²) in [7, 11) is -1.47. The van der Waals surface area contributed by atoms with Gasteiger partial charge in [-0.3, -0.25) is 0 Å². The Morgan fingerprint density at radius 2 is 1.69 bits per heavy atom. The number of hydrogen-bond acceptors (Lipinski definition) is 2. The highest BCUT2D eigenvalue weighted by molar-refractivity contribution is 6.58. The molecule has 0 atom stereocenters. The van der Waals surface area contributed by atoms with Crippen LogP contribution in [0.15, 0.2) is 24.3 Å². The normalized spacial score (nSPS) is 18.4. The van der Waals surface area contributed by atoms with E-state index < -0.39 is 12.8 Å². The highest BCUT2D eigenvalue weighted by atomic mass is 19.1. The lowest BCUT2D eigenvalue weighted by molar-refractivity contribution is 0.317. The van der Waals surface area contributed by atoms with E-state index in [4.69, 9.17) is 10.0 Å². The van der Waals surface area contributed by atoms with Crippen molar-refractivity contribution in [1.82, 2.24) is 0 Å². The number of hydrogen-bond donors (Lipinski definition) is 2. The van der Waals surface area contributed by atoms with Gasteiger partial charge in [0.05, 0.1) is 0 Å². The van der Waals surface area contributed by atoms with Gasteiger partial charge in [0.15, 0.2) is 0 Å². The molecular formula is C9H10BFO2. The van der Waals surface area contributed by atoms with Gasteiger partial charge in [-0.05, 0) is 23.9 Å². The minimum atomic E-state index is -1.47. The number of alkyl halides is 1. The van der Waals surface area contributed by atoms with E-state index in [1.165, 1.54) is 0 Å². The van der Waals surface area contributed by atoms with Crippen LogP contribution in [-0.4, -0.2) is 17.2 Å². The molecule has 0 aromatic heterocycles. The van der Waals surface area contributed by atoms with Crippen LogP contribution in [0, 0.1) is 0 Å². The summed E-state index contributed by atoms with van der Waals surface area (Å²) < 4.78 is 13.4. The minimum absolute atomic E-state index is 0.396. The molecule has 1 aromatic carbocycles. The van der Waals surface area contributed by atoms with Crippen molar-refractivity contribution in [2.24, 2.45) is 0 Å². The highest BCUT2D eigenvalue weighted by Crippen LogP contribution is 2.49. The van der Waals surface area contributed by atoms with Crippen LogP contribution in [0.25, 0.3) is 0 Å². The van der Waals surface area contributed by atoms with Crippen LogP contribution >= 0.6 is 0 Å². The summed E-state index contributed by atoms with van der Waals surface area (Å²) in [4.78, 5) is 0. The Morgan fingerprint density at radius 1 is 1.15 bits per heavy atom. The monoisotopic (exact) mass is 180 g/mol. The van der Waals surface area contributed by atoms with Gasteiger partial charge in [0.2, 0.25) is 0 Å². The zero-order chi connectivity index (χ0) is 9.47. The van der Waals surface area contributed by atoms with Crippen molar-refractivity contribution < 1.29 is 14.4 Å². The lowest BCUT2D eigenvalue weighted by Gasteiger charge is -2.05. The fourth-order valence-electron chi connectivity index (χ4n) is 1.35. The third kappa shape index (κ3) is 1.60. The molecule has 0 amide bonds. The van der Waals surface area contributed by atoms with E-state index in [1.54, 1.807) is 24.3 Å². The Labute approximate surface area is 76.2 Å². The van der Waals surface area contributed by atoms with Crippen molar-refractivity contribution in [3.05, 3.63) is 29.8 Å². The molecule has 1 aliphatic rings. The Hall–Kier alpha value is -0.865. The van der Waals surface area contributed by atoms with E-state index in [0.717, 1.165) is 0 Å². The summed E-state index contributed by atoms with van der Waals surface area (Å²) in [6, 6.07) is 6.31. The molecule has 68 valence electrons. The lowest BCUT2D eigenvalue weighted by atomic mass is 9.80. The minimum Gasteiger partial charge on any atom is -0.423 e. The van der Waals surface area contributed by atoms with E-state index in [1.807, 2.05) is 0 Å². The van der Waals surface area contributed by atoms with Crippen LogP contribution in [0.3, 0.4) is 0 Å². The van der Waals surface area contributed by atoms with Crippen molar-refractivity contribution in [3.8, 4) is 0 Å². The van der Waals surface area contributed by atoms with E-state index in [0.29, 0.717) is 23.9 Å². The van der Waals surface area contributed by atoms with Gasteiger partial charge >= 0.3 is 7.12 Å². The Bertz CT molecular complexity index is 306. The molecule has 1 fully saturated rings. The van der Waals surface area contributed by atoms with Crippen LogP contribution in [0.2, 0.25) is 0 Å². The van der Waals surface area contributed by atoms with Gasteiger partial charge in [0.1, 0.15) is 5.67 Å².